The Hall–Kier alpha value is -0.620. The van der Waals surface area contributed by atoms with Gasteiger partial charge in [-0.2, -0.15) is 0 Å². The van der Waals surface area contributed by atoms with Crippen molar-refractivity contribution in [2.75, 3.05) is 13.2 Å². The zero-order valence-electron chi connectivity index (χ0n) is 26.3. The van der Waals surface area contributed by atoms with E-state index >= 15 is 0 Å². The fraction of sp³-hybridized carbons (Fsp3) is 0.939. The molecule has 9 heteroatoms. The Morgan fingerprint density at radius 3 is 2.40 bits per heavy atom. The molecule has 0 aromatic heterocycles. The number of hydrogen-bond acceptors (Lipinski definition) is 9. The monoisotopic (exact) mass is 592 g/mol. The quantitative estimate of drug-likeness (QED) is 0.466. The van der Waals surface area contributed by atoms with Crippen LogP contribution in [0.3, 0.4) is 0 Å². The molecule has 0 saturated carbocycles. The zero-order chi connectivity index (χ0) is 29.7. The van der Waals surface area contributed by atoms with Crippen molar-refractivity contribution in [3.63, 3.8) is 0 Å². The molecule has 7 aliphatic heterocycles. The number of hydrogen-bond donors (Lipinski definition) is 2. The summed E-state index contributed by atoms with van der Waals surface area (Å²) in [7, 11) is 0. The minimum absolute atomic E-state index is 0.00591. The second-order valence-electron chi connectivity index (χ2n) is 15.4. The summed E-state index contributed by atoms with van der Waals surface area (Å²) in [5, 5.41) is 20.7. The number of aliphatic hydroxyl groups is 2. The molecule has 7 heterocycles. The maximum atomic E-state index is 11.0. The molecule has 0 unspecified atom stereocenters. The lowest BCUT2D eigenvalue weighted by Crippen LogP contribution is -2.68. The van der Waals surface area contributed by atoms with E-state index in [9.17, 15) is 10.2 Å². The molecular formula is C33H52O9. The third-order valence-electron chi connectivity index (χ3n) is 12.1. The van der Waals surface area contributed by atoms with Crippen LogP contribution >= 0.6 is 0 Å². The maximum Gasteiger partial charge on any atom is 0.105 e. The molecule has 0 bridgehead atoms. The van der Waals surface area contributed by atoms with E-state index in [0.717, 1.165) is 32.1 Å². The predicted octanol–water partition coefficient (Wildman–Crippen LogP) is 3.61. The van der Waals surface area contributed by atoms with Crippen LogP contribution in [0.1, 0.15) is 92.9 Å². The average molecular weight is 593 g/mol. The van der Waals surface area contributed by atoms with Gasteiger partial charge >= 0.3 is 0 Å². The Labute approximate surface area is 250 Å². The van der Waals surface area contributed by atoms with Gasteiger partial charge in [-0.1, -0.05) is 13.0 Å². The Bertz CT molecular complexity index is 1070. The van der Waals surface area contributed by atoms with E-state index in [-0.39, 0.29) is 67.5 Å². The van der Waals surface area contributed by atoms with Gasteiger partial charge in [-0.05, 0) is 65.4 Å². The van der Waals surface area contributed by atoms with E-state index in [2.05, 4.69) is 40.7 Å². The van der Waals surface area contributed by atoms with Crippen LogP contribution in [-0.2, 0) is 33.2 Å². The molecular weight excluding hydrogens is 540 g/mol. The molecule has 0 radical (unpaired) electrons. The fourth-order valence-corrected chi connectivity index (χ4v) is 9.35. The van der Waals surface area contributed by atoms with E-state index in [1.54, 1.807) is 0 Å². The molecule has 238 valence electrons. The first-order valence-electron chi connectivity index (χ1n) is 16.4. The second-order valence-corrected chi connectivity index (χ2v) is 15.4. The van der Waals surface area contributed by atoms with E-state index in [1.165, 1.54) is 5.57 Å². The van der Waals surface area contributed by atoms with Crippen LogP contribution in [0.25, 0.3) is 0 Å². The van der Waals surface area contributed by atoms with E-state index in [1.807, 2.05) is 6.92 Å². The molecule has 42 heavy (non-hydrogen) atoms. The van der Waals surface area contributed by atoms with Crippen LogP contribution in [0.5, 0.6) is 0 Å². The number of ether oxygens (including phenoxy) is 7. The fourth-order valence-electron chi connectivity index (χ4n) is 9.35. The minimum Gasteiger partial charge on any atom is -0.396 e. The van der Waals surface area contributed by atoms with Gasteiger partial charge < -0.3 is 43.4 Å². The minimum atomic E-state index is -0.805. The molecule has 0 spiro atoms. The van der Waals surface area contributed by atoms with Gasteiger partial charge in [0, 0.05) is 38.7 Å². The molecule has 0 aromatic rings. The summed E-state index contributed by atoms with van der Waals surface area (Å²) in [5.41, 5.74) is -1.13. The van der Waals surface area contributed by atoms with E-state index in [0.29, 0.717) is 25.9 Å². The van der Waals surface area contributed by atoms with Gasteiger partial charge in [0.05, 0.1) is 83.9 Å². The van der Waals surface area contributed by atoms with Crippen molar-refractivity contribution in [3.05, 3.63) is 11.6 Å². The summed E-state index contributed by atoms with van der Waals surface area (Å²) < 4.78 is 47.2. The Kier molecular flexibility index (Phi) is 7.48. The van der Waals surface area contributed by atoms with Gasteiger partial charge in [0.2, 0.25) is 0 Å². The number of fused-ring (bicyclic) bond motifs is 6. The first-order valence-corrected chi connectivity index (χ1v) is 16.4. The van der Waals surface area contributed by atoms with Gasteiger partial charge in [0.15, 0.2) is 0 Å². The molecule has 7 aliphatic rings. The first kappa shape index (κ1) is 30.1. The van der Waals surface area contributed by atoms with Gasteiger partial charge in [-0.15, -0.1) is 0 Å². The van der Waals surface area contributed by atoms with E-state index < -0.39 is 28.5 Å². The molecule has 7 rings (SSSR count). The molecule has 9 nitrogen and oxygen atoms in total. The zero-order valence-corrected chi connectivity index (χ0v) is 26.3. The van der Waals surface area contributed by atoms with Crippen molar-refractivity contribution in [1.29, 1.82) is 0 Å². The topological polar surface area (TPSA) is 105 Å². The lowest BCUT2D eigenvalue weighted by Gasteiger charge is -2.59. The largest absolute Gasteiger partial charge is 0.396 e. The van der Waals surface area contributed by atoms with Gasteiger partial charge in [-0.3, -0.25) is 0 Å². The maximum absolute atomic E-state index is 11.0. The Morgan fingerprint density at radius 1 is 0.833 bits per heavy atom. The van der Waals surface area contributed by atoms with Crippen molar-refractivity contribution in [3.8, 4) is 0 Å². The SMILES string of the molecule is CC1=CCO[C@H]2C[C@H]3O[C@H]4C[C@@H](C)[C@H]5O[C@H]6C[C@H]7O[C@@](C)(CCO)[C@H](O)C[C@]7(C)O[C@]6(C)CC[C@@H]5O[C@@H]4C[C@]3(C)O[C@H]12. The highest BCUT2D eigenvalue weighted by molar-refractivity contribution is 5.16. The van der Waals surface area contributed by atoms with E-state index in [4.69, 9.17) is 33.2 Å². The van der Waals surface area contributed by atoms with Crippen LogP contribution in [0.4, 0.5) is 0 Å². The van der Waals surface area contributed by atoms with Crippen LogP contribution in [0, 0.1) is 5.92 Å². The predicted molar refractivity (Wildman–Crippen MR) is 153 cm³/mol. The summed E-state index contributed by atoms with van der Waals surface area (Å²) >= 11 is 0. The molecule has 6 saturated heterocycles. The summed E-state index contributed by atoms with van der Waals surface area (Å²) in [5.74, 6) is 0.243. The molecule has 15 atom stereocenters. The van der Waals surface area contributed by atoms with Crippen LogP contribution in [0.15, 0.2) is 11.6 Å². The summed E-state index contributed by atoms with van der Waals surface area (Å²) in [6.45, 7) is 13.3. The standard InChI is InChI=1S/C33H52O9/c1-18-8-12-36-22-14-25-32(5,41-29(18)22)16-23-21(38-25)13-19(2)28-20(37-23)7-9-31(4)26(39-28)15-27-33(6,42-31)17-24(35)30(3,40-27)10-11-34/h8,19-29,34-35H,7,9-17H2,1-6H3/t19-,20+,21+,22+,23-,24-,25-,26+,27-,28-,29-,30+,31-,32+,33+/m1/s1. The van der Waals surface area contributed by atoms with Gasteiger partial charge in [-0.25, -0.2) is 0 Å². The lowest BCUT2D eigenvalue weighted by molar-refractivity contribution is -0.340. The van der Waals surface area contributed by atoms with Crippen molar-refractivity contribution in [2.24, 2.45) is 5.92 Å². The lowest BCUT2D eigenvalue weighted by atomic mass is 9.73. The molecule has 0 aliphatic carbocycles. The van der Waals surface area contributed by atoms with Gasteiger partial charge in [0.25, 0.3) is 0 Å². The summed E-state index contributed by atoms with van der Waals surface area (Å²) in [6, 6.07) is 0. The summed E-state index contributed by atoms with van der Waals surface area (Å²) in [4.78, 5) is 0. The smallest absolute Gasteiger partial charge is 0.105 e. The molecule has 0 amide bonds. The number of rotatable bonds is 2. The first-order chi connectivity index (χ1) is 19.8. The van der Waals surface area contributed by atoms with Crippen molar-refractivity contribution < 1.29 is 43.4 Å². The Morgan fingerprint density at radius 2 is 1.62 bits per heavy atom. The van der Waals surface area contributed by atoms with Crippen LogP contribution in [-0.4, -0.2) is 107 Å². The van der Waals surface area contributed by atoms with Crippen LogP contribution < -0.4 is 0 Å². The summed E-state index contributed by atoms with van der Waals surface area (Å²) in [6.07, 6.45) is 6.48. The molecule has 0 aromatic carbocycles. The highest BCUT2D eigenvalue weighted by Crippen LogP contribution is 2.53. The van der Waals surface area contributed by atoms with Crippen molar-refractivity contribution >= 4 is 0 Å². The highest BCUT2D eigenvalue weighted by Gasteiger charge is 2.62. The number of aliphatic hydroxyl groups excluding tert-OH is 2. The van der Waals surface area contributed by atoms with Crippen molar-refractivity contribution in [2.45, 2.75) is 176 Å². The third kappa shape index (κ3) is 4.85. The second kappa shape index (κ2) is 10.5. The molecule has 6 fully saturated rings. The molecule has 2 N–H and O–H groups in total. The highest BCUT2D eigenvalue weighted by atomic mass is 16.6. The van der Waals surface area contributed by atoms with Crippen molar-refractivity contribution in [1.82, 2.24) is 0 Å². The third-order valence-corrected chi connectivity index (χ3v) is 12.1. The Balaban J connectivity index is 1.10. The van der Waals surface area contributed by atoms with Crippen LogP contribution in [0.2, 0.25) is 0 Å². The normalized spacial score (nSPS) is 57.5. The average Bonchev–Trinajstić information content (AvgIpc) is 3.12. The van der Waals surface area contributed by atoms with Gasteiger partial charge in [0.1, 0.15) is 6.10 Å².